The quantitative estimate of drug-likeness (QED) is 0.893. The molecule has 0 aromatic heterocycles. The normalized spacial score (nSPS) is 12.2. The molecular formula is C16H18FNO. The highest BCUT2D eigenvalue weighted by atomic mass is 19.1. The van der Waals surface area contributed by atoms with Crippen molar-refractivity contribution in [2.75, 3.05) is 0 Å². The Morgan fingerprint density at radius 1 is 1.16 bits per heavy atom. The molecule has 2 N–H and O–H groups in total. The van der Waals surface area contributed by atoms with Crippen LogP contribution in [0.5, 0.6) is 11.5 Å². The monoisotopic (exact) mass is 259 g/mol. The van der Waals surface area contributed by atoms with Crippen molar-refractivity contribution < 1.29 is 9.13 Å². The highest BCUT2D eigenvalue weighted by molar-refractivity contribution is 5.41. The zero-order valence-electron chi connectivity index (χ0n) is 11.2. The molecule has 1 unspecified atom stereocenters. The van der Waals surface area contributed by atoms with Crippen LogP contribution < -0.4 is 10.5 Å². The third-order valence-electron chi connectivity index (χ3n) is 3.04. The second-order valence-electron chi connectivity index (χ2n) is 4.55. The number of aryl methyl sites for hydroxylation is 1. The van der Waals surface area contributed by atoms with Gasteiger partial charge < -0.3 is 10.5 Å². The minimum atomic E-state index is -0.394. The van der Waals surface area contributed by atoms with Crippen molar-refractivity contribution in [2.24, 2.45) is 5.73 Å². The van der Waals surface area contributed by atoms with Crippen molar-refractivity contribution in [3.63, 3.8) is 0 Å². The zero-order valence-corrected chi connectivity index (χ0v) is 11.2. The van der Waals surface area contributed by atoms with Crippen LogP contribution in [0.1, 0.15) is 31.0 Å². The smallest absolute Gasteiger partial charge is 0.167 e. The van der Waals surface area contributed by atoms with Crippen molar-refractivity contribution >= 4 is 0 Å². The fourth-order valence-electron chi connectivity index (χ4n) is 1.90. The lowest BCUT2D eigenvalue weighted by atomic mass is 10.1. The SMILES string of the molecule is CCc1ccc(Oc2c(F)cccc2C(C)N)cc1. The van der Waals surface area contributed by atoms with Crippen LogP contribution in [0.3, 0.4) is 0 Å². The molecular weight excluding hydrogens is 241 g/mol. The van der Waals surface area contributed by atoms with Gasteiger partial charge in [-0.3, -0.25) is 0 Å². The van der Waals surface area contributed by atoms with E-state index < -0.39 is 5.82 Å². The molecule has 0 saturated heterocycles. The van der Waals surface area contributed by atoms with E-state index in [2.05, 4.69) is 6.92 Å². The maximum atomic E-state index is 13.9. The van der Waals surface area contributed by atoms with Crippen LogP contribution in [-0.4, -0.2) is 0 Å². The molecule has 3 heteroatoms. The van der Waals surface area contributed by atoms with Crippen molar-refractivity contribution in [1.29, 1.82) is 0 Å². The second-order valence-corrected chi connectivity index (χ2v) is 4.55. The van der Waals surface area contributed by atoms with Crippen LogP contribution in [0.2, 0.25) is 0 Å². The molecule has 2 rings (SSSR count). The first kappa shape index (κ1) is 13.6. The number of para-hydroxylation sites is 1. The summed E-state index contributed by atoms with van der Waals surface area (Å²) in [5, 5.41) is 0. The Morgan fingerprint density at radius 3 is 2.42 bits per heavy atom. The standard InChI is InChI=1S/C16H18FNO/c1-3-12-7-9-13(10-8-12)19-16-14(11(2)18)5-4-6-15(16)17/h4-11H,3,18H2,1-2H3. The summed E-state index contributed by atoms with van der Waals surface area (Å²) in [6.07, 6.45) is 0.963. The molecule has 0 bridgehead atoms. The molecule has 0 saturated carbocycles. The number of hydrogen-bond donors (Lipinski definition) is 1. The summed E-state index contributed by atoms with van der Waals surface area (Å²) in [5.74, 6) is 0.431. The fraction of sp³-hybridized carbons (Fsp3) is 0.250. The maximum absolute atomic E-state index is 13.9. The molecule has 0 heterocycles. The summed E-state index contributed by atoms with van der Waals surface area (Å²) in [7, 11) is 0. The average molecular weight is 259 g/mol. The zero-order chi connectivity index (χ0) is 13.8. The largest absolute Gasteiger partial charge is 0.454 e. The highest BCUT2D eigenvalue weighted by Gasteiger charge is 2.13. The van der Waals surface area contributed by atoms with Gasteiger partial charge in [0.15, 0.2) is 11.6 Å². The van der Waals surface area contributed by atoms with Gasteiger partial charge in [-0.25, -0.2) is 4.39 Å². The first-order valence-electron chi connectivity index (χ1n) is 6.42. The van der Waals surface area contributed by atoms with E-state index in [-0.39, 0.29) is 11.8 Å². The Labute approximate surface area is 113 Å². The summed E-state index contributed by atoms with van der Waals surface area (Å²) in [6.45, 7) is 3.89. The van der Waals surface area contributed by atoms with Gasteiger partial charge in [-0.15, -0.1) is 0 Å². The molecule has 0 aliphatic rings. The van der Waals surface area contributed by atoms with E-state index in [4.69, 9.17) is 10.5 Å². The van der Waals surface area contributed by atoms with Crippen LogP contribution >= 0.6 is 0 Å². The molecule has 0 radical (unpaired) electrons. The Morgan fingerprint density at radius 2 is 1.84 bits per heavy atom. The minimum Gasteiger partial charge on any atom is -0.454 e. The molecule has 0 aliphatic carbocycles. The summed E-state index contributed by atoms with van der Waals surface area (Å²) in [4.78, 5) is 0. The Hall–Kier alpha value is -1.87. The summed E-state index contributed by atoms with van der Waals surface area (Å²) in [5.41, 5.74) is 7.72. The van der Waals surface area contributed by atoms with Gasteiger partial charge in [0.25, 0.3) is 0 Å². The topological polar surface area (TPSA) is 35.2 Å². The first-order valence-corrected chi connectivity index (χ1v) is 6.42. The van der Waals surface area contributed by atoms with Crippen LogP contribution in [0, 0.1) is 5.82 Å². The predicted octanol–water partition coefficient (Wildman–Crippen LogP) is 4.20. The van der Waals surface area contributed by atoms with E-state index in [1.54, 1.807) is 12.1 Å². The molecule has 2 aromatic carbocycles. The lowest BCUT2D eigenvalue weighted by Crippen LogP contribution is -2.07. The molecule has 100 valence electrons. The van der Waals surface area contributed by atoms with Crippen LogP contribution in [0.15, 0.2) is 42.5 Å². The van der Waals surface area contributed by atoms with Crippen molar-refractivity contribution in [2.45, 2.75) is 26.3 Å². The van der Waals surface area contributed by atoms with E-state index in [9.17, 15) is 4.39 Å². The van der Waals surface area contributed by atoms with E-state index in [0.717, 1.165) is 6.42 Å². The number of nitrogens with two attached hydrogens (primary N) is 1. The van der Waals surface area contributed by atoms with E-state index in [1.807, 2.05) is 31.2 Å². The molecule has 19 heavy (non-hydrogen) atoms. The first-order chi connectivity index (χ1) is 9.11. The number of rotatable bonds is 4. The van der Waals surface area contributed by atoms with Crippen molar-refractivity contribution in [3.05, 3.63) is 59.4 Å². The maximum Gasteiger partial charge on any atom is 0.167 e. The van der Waals surface area contributed by atoms with Gasteiger partial charge in [0.1, 0.15) is 5.75 Å². The highest BCUT2D eigenvalue weighted by Crippen LogP contribution is 2.31. The van der Waals surface area contributed by atoms with Gasteiger partial charge in [-0.1, -0.05) is 31.2 Å². The van der Waals surface area contributed by atoms with Crippen molar-refractivity contribution in [3.8, 4) is 11.5 Å². The van der Waals surface area contributed by atoms with E-state index in [1.165, 1.54) is 11.6 Å². The third kappa shape index (κ3) is 3.12. The van der Waals surface area contributed by atoms with Crippen LogP contribution in [-0.2, 0) is 6.42 Å². The van der Waals surface area contributed by atoms with Gasteiger partial charge in [-0.2, -0.15) is 0 Å². The molecule has 1 atom stereocenters. The number of ether oxygens (including phenoxy) is 1. The summed E-state index contributed by atoms with van der Waals surface area (Å²) >= 11 is 0. The van der Waals surface area contributed by atoms with Gasteiger partial charge in [0.2, 0.25) is 0 Å². The molecule has 0 fully saturated rings. The number of benzene rings is 2. The molecule has 0 spiro atoms. The molecule has 2 aromatic rings. The second kappa shape index (κ2) is 5.85. The van der Waals surface area contributed by atoms with Gasteiger partial charge in [0, 0.05) is 11.6 Å². The Bertz CT molecular complexity index is 549. The number of hydrogen-bond acceptors (Lipinski definition) is 2. The summed E-state index contributed by atoms with van der Waals surface area (Å²) in [6, 6.07) is 12.2. The van der Waals surface area contributed by atoms with Crippen LogP contribution in [0.25, 0.3) is 0 Å². The van der Waals surface area contributed by atoms with Gasteiger partial charge in [0.05, 0.1) is 0 Å². The minimum absolute atomic E-state index is 0.210. The fourth-order valence-corrected chi connectivity index (χ4v) is 1.90. The summed E-state index contributed by atoms with van der Waals surface area (Å²) < 4.78 is 19.5. The Kier molecular flexibility index (Phi) is 4.17. The molecule has 0 amide bonds. The Balaban J connectivity index is 2.31. The van der Waals surface area contributed by atoms with E-state index >= 15 is 0 Å². The lowest BCUT2D eigenvalue weighted by molar-refractivity contribution is 0.432. The molecule has 0 aliphatic heterocycles. The van der Waals surface area contributed by atoms with Crippen LogP contribution in [0.4, 0.5) is 4.39 Å². The van der Waals surface area contributed by atoms with Gasteiger partial charge >= 0.3 is 0 Å². The number of halogens is 1. The third-order valence-corrected chi connectivity index (χ3v) is 3.04. The predicted molar refractivity (Wildman–Crippen MR) is 74.9 cm³/mol. The van der Waals surface area contributed by atoms with Crippen molar-refractivity contribution in [1.82, 2.24) is 0 Å². The lowest BCUT2D eigenvalue weighted by Gasteiger charge is -2.14. The van der Waals surface area contributed by atoms with Gasteiger partial charge in [-0.05, 0) is 37.1 Å². The average Bonchev–Trinajstić information content (AvgIpc) is 2.41. The van der Waals surface area contributed by atoms with E-state index in [0.29, 0.717) is 11.3 Å². The molecule has 2 nitrogen and oxygen atoms in total.